The number of piperidine rings is 1. The van der Waals surface area contributed by atoms with Crippen molar-refractivity contribution in [3.8, 4) is 5.75 Å². The van der Waals surface area contributed by atoms with Gasteiger partial charge in [0.05, 0.1) is 6.61 Å². The number of pyridine rings is 1. The van der Waals surface area contributed by atoms with E-state index in [1.807, 2.05) is 23.2 Å². The van der Waals surface area contributed by atoms with Crippen molar-refractivity contribution in [1.29, 1.82) is 0 Å². The molecular formula is C24H31N5O2. The Labute approximate surface area is 184 Å². The van der Waals surface area contributed by atoms with Gasteiger partial charge in [0, 0.05) is 64.5 Å². The number of hydrogen-bond acceptors (Lipinski definition) is 5. The Morgan fingerprint density at radius 2 is 1.90 bits per heavy atom. The molecule has 7 heteroatoms. The summed E-state index contributed by atoms with van der Waals surface area (Å²) in [6.07, 6.45) is 4.77. The first-order valence-corrected chi connectivity index (χ1v) is 11.4. The number of urea groups is 1. The number of aromatic nitrogens is 1. The van der Waals surface area contributed by atoms with E-state index < -0.39 is 0 Å². The predicted octanol–water partition coefficient (Wildman–Crippen LogP) is 2.51. The van der Waals surface area contributed by atoms with Crippen LogP contribution in [0.15, 0.2) is 42.6 Å². The SMILES string of the molecule is O=C(NC1CCN(c2ccccn2)CC1)N1CCN(Cc2ccc3c(c2)CCO3)CC1. The third-order valence-electron chi connectivity index (χ3n) is 6.62. The van der Waals surface area contributed by atoms with Crippen molar-refractivity contribution in [3.05, 3.63) is 53.7 Å². The molecule has 0 bridgehead atoms. The van der Waals surface area contributed by atoms with Gasteiger partial charge in [0.25, 0.3) is 0 Å². The molecule has 2 saturated heterocycles. The van der Waals surface area contributed by atoms with Crippen LogP contribution in [0.3, 0.4) is 0 Å². The Morgan fingerprint density at radius 3 is 2.68 bits per heavy atom. The fourth-order valence-electron chi connectivity index (χ4n) is 4.77. The van der Waals surface area contributed by atoms with E-state index in [0.717, 1.165) is 83.3 Å². The molecule has 0 saturated carbocycles. The van der Waals surface area contributed by atoms with Crippen molar-refractivity contribution in [2.45, 2.75) is 31.8 Å². The van der Waals surface area contributed by atoms with Crippen LogP contribution in [0.5, 0.6) is 5.75 Å². The highest BCUT2D eigenvalue weighted by Gasteiger charge is 2.26. The van der Waals surface area contributed by atoms with Crippen LogP contribution < -0.4 is 15.0 Å². The Balaban J connectivity index is 1.05. The van der Waals surface area contributed by atoms with Gasteiger partial charge in [0.1, 0.15) is 11.6 Å². The maximum Gasteiger partial charge on any atom is 0.317 e. The van der Waals surface area contributed by atoms with Crippen molar-refractivity contribution >= 4 is 11.8 Å². The number of nitrogens with one attached hydrogen (secondary N) is 1. The van der Waals surface area contributed by atoms with Gasteiger partial charge < -0.3 is 19.9 Å². The second-order valence-corrected chi connectivity index (χ2v) is 8.70. The highest BCUT2D eigenvalue weighted by molar-refractivity contribution is 5.74. The third-order valence-corrected chi connectivity index (χ3v) is 6.62. The number of amides is 2. The van der Waals surface area contributed by atoms with Gasteiger partial charge in [-0.25, -0.2) is 9.78 Å². The van der Waals surface area contributed by atoms with E-state index >= 15 is 0 Å². The van der Waals surface area contributed by atoms with Gasteiger partial charge >= 0.3 is 6.03 Å². The van der Waals surface area contributed by atoms with Crippen LogP contribution in [0.25, 0.3) is 0 Å². The molecule has 0 spiro atoms. The monoisotopic (exact) mass is 421 g/mol. The van der Waals surface area contributed by atoms with Gasteiger partial charge in [-0.05, 0) is 42.2 Å². The second-order valence-electron chi connectivity index (χ2n) is 8.70. The lowest BCUT2D eigenvalue weighted by Crippen LogP contribution is -2.54. The lowest BCUT2D eigenvalue weighted by atomic mass is 10.1. The molecule has 0 unspecified atom stereocenters. The minimum atomic E-state index is 0.0885. The van der Waals surface area contributed by atoms with E-state index in [1.165, 1.54) is 11.1 Å². The van der Waals surface area contributed by atoms with Crippen LogP contribution in [0.1, 0.15) is 24.0 Å². The average molecular weight is 422 g/mol. The van der Waals surface area contributed by atoms with Crippen LogP contribution in [0.4, 0.5) is 10.6 Å². The molecule has 164 valence electrons. The zero-order chi connectivity index (χ0) is 21.0. The third kappa shape index (κ3) is 4.77. The first kappa shape index (κ1) is 20.1. The zero-order valence-corrected chi connectivity index (χ0v) is 18.0. The van der Waals surface area contributed by atoms with Crippen LogP contribution in [-0.4, -0.2) is 72.7 Å². The molecule has 1 N–H and O–H groups in total. The van der Waals surface area contributed by atoms with Gasteiger partial charge in [-0.15, -0.1) is 0 Å². The van der Waals surface area contributed by atoms with Crippen LogP contribution in [-0.2, 0) is 13.0 Å². The number of rotatable bonds is 4. The summed E-state index contributed by atoms with van der Waals surface area (Å²) >= 11 is 0. The fraction of sp³-hybridized carbons (Fsp3) is 0.500. The molecule has 1 aromatic carbocycles. The number of piperazine rings is 1. The summed E-state index contributed by atoms with van der Waals surface area (Å²) in [4.78, 5) is 23.9. The molecule has 3 aliphatic rings. The summed E-state index contributed by atoms with van der Waals surface area (Å²) in [6.45, 7) is 7.00. The number of fused-ring (bicyclic) bond motifs is 1. The number of anilines is 1. The summed E-state index contributed by atoms with van der Waals surface area (Å²) < 4.78 is 5.60. The Bertz CT molecular complexity index is 890. The molecule has 5 rings (SSSR count). The number of hydrogen-bond donors (Lipinski definition) is 1. The summed E-state index contributed by atoms with van der Waals surface area (Å²) in [5, 5.41) is 3.26. The molecule has 4 heterocycles. The summed E-state index contributed by atoms with van der Waals surface area (Å²) in [5.74, 6) is 2.07. The van der Waals surface area contributed by atoms with Crippen molar-refractivity contribution in [1.82, 2.24) is 20.1 Å². The molecule has 0 radical (unpaired) electrons. The van der Waals surface area contributed by atoms with Crippen molar-refractivity contribution in [3.63, 3.8) is 0 Å². The van der Waals surface area contributed by atoms with Crippen LogP contribution in [0, 0.1) is 0 Å². The average Bonchev–Trinajstić information content (AvgIpc) is 3.29. The van der Waals surface area contributed by atoms with E-state index in [4.69, 9.17) is 4.74 Å². The smallest absolute Gasteiger partial charge is 0.317 e. The van der Waals surface area contributed by atoms with E-state index in [9.17, 15) is 4.79 Å². The molecular weight excluding hydrogens is 390 g/mol. The number of ether oxygens (including phenoxy) is 1. The Morgan fingerprint density at radius 1 is 1.06 bits per heavy atom. The van der Waals surface area contributed by atoms with Gasteiger partial charge in [-0.1, -0.05) is 18.2 Å². The normalized spacial score (nSPS) is 19.7. The topological polar surface area (TPSA) is 60.9 Å². The molecule has 0 atom stereocenters. The van der Waals surface area contributed by atoms with E-state index in [0.29, 0.717) is 0 Å². The Hall–Kier alpha value is -2.80. The molecule has 2 fully saturated rings. The first-order valence-electron chi connectivity index (χ1n) is 11.4. The number of carbonyl (C=O) groups is 1. The van der Waals surface area contributed by atoms with Crippen LogP contribution in [0.2, 0.25) is 0 Å². The second kappa shape index (κ2) is 9.14. The highest BCUT2D eigenvalue weighted by atomic mass is 16.5. The lowest BCUT2D eigenvalue weighted by Gasteiger charge is -2.37. The molecule has 7 nitrogen and oxygen atoms in total. The Kier molecular flexibility index (Phi) is 5.93. The van der Waals surface area contributed by atoms with Crippen molar-refractivity contribution < 1.29 is 9.53 Å². The molecule has 3 aliphatic heterocycles. The summed E-state index contributed by atoms with van der Waals surface area (Å²) in [7, 11) is 0. The summed E-state index contributed by atoms with van der Waals surface area (Å²) in [6, 6.07) is 12.9. The van der Waals surface area contributed by atoms with Crippen LogP contribution >= 0.6 is 0 Å². The highest BCUT2D eigenvalue weighted by Crippen LogP contribution is 2.26. The maximum absolute atomic E-state index is 12.8. The predicted molar refractivity (Wildman–Crippen MR) is 120 cm³/mol. The molecule has 1 aromatic heterocycles. The van der Waals surface area contributed by atoms with Gasteiger partial charge in [-0.2, -0.15) is 0 Å². The van der Waals surface area contributed by atoms with E-state index in [-0.39, 0.29) is 12.1 Å². The largest absolute Gasteiger partial charge is 0.493 e. The minimum absolute atomic E-state index is 0.0885. The molecule has 31 heavy (non-hydrogen) atoms. The number of carbonyl (C=O) groups excluding carboxylic acids is 1. The first-order chi connectivity index (χ1) is 15.2. The van der Waals surface area contributed by atoms with Gasteiger partial charge in [0.15, 0.2) is 0 Å². The van der Waals surface area contributed by atoms with Crippen molar-refractivity contribution in [2.75, 3.05) is 50.8 Å². The number of nitrogens with zero attached hydrogens (tertiary/aromatic N) is 4. The minimum Gasteiger partial charge on any atom is -0.493 e. The molecule has 2 amide bonds. The quantitative estimate of drug-likeness (QED) is 0.822. The fourth-order valence-corrected chi connectivity index (χ4v) is 4.77. The molecule has 0 aliphatic carbocycles. The standard InChI is InChI=1S/C24H31N5O2/c30-24(26-21-6-10-28(11-7-21)23-3-1-2-9-25-23)29-14-12-27(13-15-29)18-19-4-5-22-20(17-19)8-16-31-22/h1-5,9,17,21H,6-8,10-16,18H2,(H,26,30). The van der Waals surface area contributed by atoms with Gasteiger partial charge in [0.2, 0.25) is 0 Å². The zero-order valence-electron chi connectivity index (χ0n) is 18.0. The molecule has 2 aromatic rings. The van der Waals surface area contributed by atoms with Crippen molar-refractivity contribution in [2.24, 2.45) is 0 Å². The maximum atomic E-state index is 12.8. The number of benzene rings is 1. The summed E-state index contributed by atoms with van der Waals surface area (Å²) in [5.41, 5.74) is 2.66. The lowest BCUT2D eigenvalue weighted by molar-refractivity contribution is 0.132. The van der Waals surface area contributed by atoms with Gasteiger partial charge in [-0.3, -0.25) is 4.90 Å². The van der Waals surface area contributed by atoms with E-state index in [1.54, 1.807) is 0 Å². The van der Waals surface area contributed by atoms with E-state index in [2.05, 4.69) is 44.4 Å².